The molecule has 2 N–H and O–H groups in total. The molecule has 5 rings (SSSR count). The Kier molecular flexibility index (Phi) is 5.29. The van der Waals surface area contributed by atoms with E-state index in [0.717, 1.165) is 26.7 Å². The SMILES string of the molecule is CCN(C)c1c(F)c(SC)c(-c2ccc3nc(NC(=O)[C@@H]4C[C@@H]4F)sc3c2)c2cn[nH]c12. The summed E-state index contributed by atoms with van der Waals surface area (Å²) in [6, 6.07) is 5.70. The van der Waals surface area contributed by atoms with Crippen molar-refractivity contribution in [1.29, 1.82) is 0 Å². The zero-order valence-electron chi connectivity index (χ0n) is 17.7. The first-order chi connectivity index (χ1) is 15.4. The zero-order valence-corrected chi connectivity index (χ0v) is 19.3. The van der Waals surface area contributed by atoms with E-state index >= 15 is 4.39 Å². The molecule has 32 heavy (non-hydrogen) atoms. The maximum absolute atomic E-state index is 15.6. The molecule has 166 valence electrons. The number of aromatic amines is 1. The Labute approximate surface area is 191 Å². The Morgan fingerprint density at radius 3 is 2.91 bits per heavy atom. The first-order valence-electron chi connectivity index (χ1n) is 10.2. The van der Waals surface area contributed by atoms with Crippen LogP contribution in [0, 0.1) is 11.7 Å². The number of thiazole rings is 1. The Balaban J connectivity index is 1.61. The maximum atomic E-state index is 15.6. The number of fused-ring (bicyclic) bond motifs is 2. The monoisotopic (exact) mass is 473 g/mol. The molecule has 0 spiro atoms. The topological polar surface area (TPSA) is 73.9 Å². The molecule has 2 heterocycles. The van der Waals surface area contributed by atoms with Crippen LogP contribution in [0.3, 0.4) is 0 Å². The maximum Gasteiger partial charge on any atom is 0.232 e. The quantitative estimate of drug-likeness (QED) is 0.364. The van der Waals surface area contributed by atoms with Crippen LogP contribution in [0.25, 0.3) is 32.2 Å². The van der Waals surface area contributed by atoms with Crippen molar-refractivity contribution in [2.24, 2.45) is 5.92 Å². The second-order valence-corrected chi connectivity index (χ2v) is 9.64. The van der Waals surface area contributed by atoms with Crippen LogP contribution in [0.5, 0.6) is 0 Å². The third kappa shape index (κ3) is 3.41. The fraction of sp³-hybridized carbons (Fsp3) is 0.318. The van der Waals surface area contributed by atoms with Crippen LogP contribution in [-0.2, 0) is 4.79 Å². The normalized spacial score (nSPS) is 17.8. The lowest BCUT2D eigenvalue weighted by atomic mass is 10.00. The molecule has 2 aromatic carbocycles. The smallest absolute Gasteiger partial charge is 0.232 e. The highest BCUT2D eigenvalue weighted by Crippen LogP contribution is 2.44. The summed E-state index contributed by atoms with van der Waals surface area (Å²) in [5.74, 6) is -1.19. The van der Waals surface area contributed by atoms with Gasteiger partial charge in [0.05, 0.1) is 38.4 Å². The van der Waals surface area contributed by atoms with E-state index in [0.29, 0.717) is 27.8 Å². The predicted octanol–water partition coefficient (Wildman–Crippen LogP) is 5.45. The number of nitrogens with one attached hydrogen (secondary N) is 2. The molecule has 0 aliphatic heterocycles. The average molecular weight is 474 g/mol. The number of amides is 1. The van der Waals surface area contributed by atoms with Crippen molar-refractivity contribution in [2.75, 3.05) is 30.1 Å². The van der Waals surface area contributed by atoms with Crippen LogP contribution in [0.15, 0.2) is 29.3 Å². The number of alkyl halides is 1. The molecule has 2 aromatic heterocycles. The lowest BCUT2D eigenvalue weighted by molar-refractivity contribution is -0.117. The highest BCUT2D eigenvalue weighted by atomic mass is 32.2. The summed E-state index contributed by atoms with van der Waals surface area (Å²) in [5.41, 5.74) is 3.49. The molecular formula is C22H21F2N5OS2. The van der Waals surface area contributed by atoms with Gasteiger partial charge in [0, 0.05) is 24.5 Å². The number of nitrogens with zero attached hydrogens (tertiary/aromatic N) is 3. The van der Waals surface area contributed by atoms with Gasteiger partial charge in [-0.1, -0.05) is 17.4 Å². The van der Waals surface area contributed by atoms with E-state index in [1.54, 1.807) is 6.20 Å². The number of H-pyrrole nitrogens is 1. The number of anilines is 2. The molecule has 1 aliphatic rings. The highest BCUT2D eigenvalue weighted by molar-refractivity contribution is 7.98. The fourth-order valence-corrected chi connectivity index (χ4v) is 5.48. The van der Waals surface area contributed by atoms with Gasteiger partial charge in [0.15, 0.2) is 10.9 Å². The van der Waals surface area contributed by atoms with Gasteiger partial charge in [-0.05, 0) is 37.3 Å². The summed E-state index contributed by atoms with van der Waals surface area (Å²) >= 11 is 2.68. The van der Waals surface area contributed by atoms with E-state index in [1.807, 2.05) is 43.3 Å². The van der Waals surface area contributed by atoms with E-state index in [1.165, 1.54) is 23.1 Å². The third-order valence-electron chi connectivity index (χ3n) is 5.80. The molecule has 1 fully saturated rings. The van der Waals surface area contributed by atoms with Crippen LogP contribution < -0.4 is 10.2 Å². The third-order valence-corrected chi connectivity index (χ3v) is 7.52. The van der Waals surface area contributed by atoms with Crippen LogP contribution in [0.1, 0.15) is 13.3 Å². The van der Waals surface area contributed by atoms with Crippen LogP contribution in [0.4, 0.5) is 19.6 Å². The lowest BCUT2D eigenvalue weighted by Gasteiger charge is -2.22. The van der Waals surface area contributed by atoms with Crippen molar-refractivity contribution in [3.05, 3.63) is 30.2 Å². The van der Waals surface area contributed by atoms with E-state index in [2.05, 4.69) is 20.5 Å². The second-order valence-electron chi connectivity index (χ2n) is 7.79. The van der Waals surface area contributed by atoms with Gasteiger partial charge < -0.3 is 10.2 Å². The van der Waals surface area contributed by atoms with Crippen molar-refractivity contribution < 1.29 is 13.6 Å². The lowest BCUT2D eigenvalue weighted by Crippen LogP contribution is -2.18. The fourth-order valence-electron chi connectivity index (χ4n) is 3.87. The molecule has 2 atom stereocenters. The number of benzene rings is 2. The Bertz CT molecular complexity index is 1350. The van der Waals surface area contributed by atoms with E-state index in [4.69, 9.17) is 0 Å². The number of thioether (sulfide) groups is 1. The summed E-state index contributed by atoms with van der Waals surface area (Å²) in [4.78, 5) is 18.9. The predicted molar refractivity (Wildman–Crippen MR) is 127 cm³/mol. The van der Waals surface area contributed by atoms with Crippen LogP contribution >= 0.6 is 23.1 Å². The standard InChI is InChI=1S/C22H21F2N5OS2/c1-4-29(2)19-17(24)20(31-3)16(12-9-25-28-18(12)19)10-5-6-14-15(7-10)32-22(26-14)27-21(30)11-8-13(11)23/h5-7,9,11,13H,4,8H2,1-3H3,(H,25,28)(H,26,27,30)/t11-,13+/m1/s1. The van der Waals surface area contributed by atoms with Crippen molar-refractivity contribution in [3.8, 4) is 11.1 Å². The first-order valence-corrected chi connectivity index (χ1v) is 12.3. The van der Waals surface area contributed by atoms with Crippen LogP contribution in [-0.4, -0.2) is 47.1 Å². The van der Waals surface area contributed by atoms with Crippen molar-refractivity contribution in [1.82, 2.24) is 15.2 Å². The molecule has 0 radical (unpaired) electrons. The number of hydrogen-bond donors (Lipinski definition) is 2. The van der Waals surface area contributed by atoms with Crippen molar-refractivity contribution in [3.63, 3.8) is 0 Å². The molecule has 1 amide bonds. The number of aromatic nitrogens is 3. The second kappa shape index (κ2) is 8.00. The van der Waals surface area contributed by atoms with Gasteiger partial charge in [-0.2, -0.15) is 5.10 Å². The van der Waals surface area contributed by atoms with Crippen molar-refractivity contribution in [2.45, 2.75) is 24.4 Å². The first kappa shape index (κ1) is 21.1. The minimum atomic E-state index is -1.05. The van der Waals surface area contributed by atoms with Gasteiger partial charge in [0.2, 0.25) is 5.91 Å². The molecule has 0 bridgehead atoms. The minimum Gasteiger partial charge on any atom is -0.371 e. The molecule has 4 aromatic rings. The molecular weight excluding hydrogens is 452 g/mol. The Morgan fingerprint density at radius 2 is 2.22 bits per heavy atom. The van der Waals surface area contributed by atoms with E-state index in [9.17, 15) is 9.18 Å². The number of hydrogen-bond acceptors (Lipinski definition) is 6. The Hall–Kier alpha value is -2.72. The largest absolute Gasteiger partial charge is 0.371 e. The average Bonchev–Trinajstić information content (AvgIpc) is 3.15. The van der Waals surface area contributed by atoms with Crippen LogP contribution in [0.2, 0.25) is 0 Å². The summed E-state index contributed by atoms with van der Waals surface area (Å²) in [6.45, 7) is 2.63. The molecule has 0 saturated heterocycles. The number of rotatable bonds is 6. The van der Waals surface area contributed by atoms with Crippen molar-refractivity contribution >= 4 is 60.9 Å². The number of carbonyl (C=O) groups excluding carboxylic acids is 1. The highest BCUT2D eigenvalue weighted by Gasteiger charge is 2.43. The molecule has 1 saturated carbocycles. The van der Waals surface area contributed by atoms with Gasteiger partial charge in [0.1, 0.15) is 6.17 Å². The Morgan fingerprint density at radius 1 is 1.44 bits per heavy atom. The zero-order chi connectivity index (χ0) is 22.6. The van der Waals surface area contributed by atoms with Gasteiger partial charge in [-0.15, -0.1) is 11.8 Å². The van der Waals surface area contributed by atoms with E-state index in [-0.39, 0.29) is 18.1 Å². The molecule has 6 nitrogen and oxygen atoms in total. The summed E-state index contributed by atoms with van der Waals surface area (Å²) in [5, 5.41) is 11.1. The van der Waals surface area contributed by atoms with Gasteiger partial charge in [0.25, 0.3) is 0 Å². The van der Waals surface area contributed by atoms with Gasteiger partial charge in [-0.3, -0.25) is 9.89 Å². The molecule has 1 aliphatic carbocycles. The summed E-state index contributed by atoms with van der Waals surface area (Å²) in [7, 11) is 1.86. The number of carbonyl (C=O) groups is 1. The van der Waals surface area contributed by atoms with Gasteiger partial charge >= 0.3 is 0 Å². The minimum absolute atomic E-state index is 0.272. The van der Waals surface area contributed by atoms with Gasteiger partial charge in [-0.25, -0.2) is 13.8 Å². The molecule has 0 unspecified atom stereocenters. The van der Waals surface area contributed by atoms with E-state index < -0.39 is 12.1 Å². The summed E-state index contributed by atoms with van der Waals surface area (Å²) < 4.78 is 29.7. The molecule has 10 heteroatoms. The summed E-state index contributed by atoms with van der Waals surface area (Å²) in [6.07, 6.45) is 2.80. The number of halogens is 2.